The van der Waals surface area contributed by atoms with Gasteiger partial charge in [0.15, 0.2) is 0 Å². The highest BCUT2D eigenvalue weighted by Gasteiger charge is 2.34. The summed E-state index contributed by atoms with van der Waals surface area (Å²) in [6.07, 6.45) is 3.55. The number of aliphatic hydroxyl groups excluding tert-OH is 1. The van der Waals surface area contributed by atoms with Gasteiger partial charge in [0, 0.05) is 26.2 Å². The molecule has 2 aliphatic heterocycles. The van der Waals surface area contributed by atoms with Crippen molar-refractivity contribution in [2.75, 3.05) is 26.2 Å². The van der Waals surface area contributed by atoms with E-state index in [0.717, 1.165) is 57.4 Å². The van der Waals surface area contributed by atoms with Crippen LogP contribution in [0.4, 0.5) is 0 Å². The molecule has 0 saturated carbocycles. The maximum Gasteiger partial charge on any atom is 0.244 e. The largest absolute Gasteiger partial charge is 0.393 e. The van der Waals surface area contributed by atoms with Crippen LogP contribution < -0.4 is 0 Å². The second kappa shape index (κ2) is 6.58. The zero-order valence-electron chi connectivity index (χ0n) is 12.4. The molecular weight excluding hydrogens is 264 g/mol. The molecule has 114 valence electrons. The second-order valence-corrected chi connectivity index (χ2v) is 6.11. The number of amides is 1. The molecular formula is C17H24N2O2. The predicted octanol–water partition coefficient (Wildman–Crippen LogP) is 1.81. The molecule has 2 heterocycles. The van der Waals surface area contributed by atoms with Crippen molar-refractivity contribution < 1.29 is 9.90 Å². The molecule has 1 atom stereocenters. The number of aliphatic hydroxyl groups is 1. The average molecular weight is 288 g/mol. The van der Waals surface area contributed by atoms with Crippen LogP contribution in [0.3, 0.4) is 0 Å². The Bertz CT molecular complexity index is 463. The van der Waals surface area contributed by atoms with Crippen LogP contribution in [0.1, 0.15) is 37.3 Å². The fourth-order valence-electron chi connectivity index (χ4n) is 3.40. The number of likely N-dealkylation sites (tertiary alicyclic amines) is 2. The molecule has 4 heteroatoms. The molecule has 0 bridgehead atoms. The van der Waals surface area contributed by atoms with Gasteiger partial charge in [-0.2, -0.15) is 0 Å². The van der Waals surface area contributed by atoms with Crippen LogP contribution >= 0.6 is 0 Å². The van der Waals surface area contributed by atoms with Gasteiger partial charge in [-0.1, -0.05) is 30.3 Å². The molecule has 2 aliphatic rings. The molecule has 0 aliphatic carbocycles. The maximum atomic E-state index is 12.9. The minimum absolute atomic E-state index is 0.184. The molecule has 2 fully saturated rings. The van der Waals surface area contributed by atoms with Crippen molar-refractivity contribution in [1.29, 1.82) is 0 Å². The van der Waals surface area contributed by atoms with Gasteiger partial charge in [-0.05, 0) is 31.2 Å². The Morgan fingerprint density at radius 3 is 2.29 bits per heavy atom. The third-order valence-corrected chi connectivity index (χ3v) is 4.63. The molecule has 1 aromatic rings. The van der Waals surface area contributed by atoms with Crippen LogP contribution in [0.25, 0.3) is 0 Å². The minimum atomic E-state index is -0.209. The fourth-order valence-corrected chi connectivity index (χ4v) is 3.40. The fraction of sp³-hybridized carbons (Fsp3) is 0.588. The van der Waals surface area contributed by atoms with Gasteiger partial charge in [0.2, 0.25) is 5.91 Å². The second-order valence-electron chi connectivity index (χ2n) is 6.11. The van der Waals surface area contributed by atoms with Gasteiger partial charge in [0.25, 0.3) is 0 Å². The third kappa shape index (κ3) is 3.27. The van der Waals surface area contributed by atoms with E-state index in [1.165, 1.54) is 0 Å². The Balaban J connectivity index is 1.82. The number of nitrogens with zero attached hydrogens (tertiary/aromatic N) is 2. The smallest absolute Gasteiger partial charge is 0.244 e. The number of carbonyl (C=O) groups excluding carboxylic acids is 1. The third-order valence-electron chi connectivity index (χ3n) is 4.63. The van der Waals surface area contributed by atoms with Crippen molar-refractivity contribution in [2.24, 2.45) is 0 Å². The summed E-state index contributed by atoms with van der Waals surface area (Å²) >= 11 is 0. The quantitative estimate of drug-likeness (QED) is 0.922. The van der Waals surface area contributed by atoms with Crippen LogP contribution in [-0.2, 0) is 4.79 Å². The van der Waals surface area contributed by atoms with E-state index in [4.69, 9.17) is 0 Å². The van der Waals surface area contributed by atoms with Crippen molar-refractivity contribution in [3.05, 3.63) is 35.9 Å². The van der Waals surface area contributed by atoms with Gasteiger partial charge in [-0.25, -0.2) is 0 Å². The average Bonchev–Trinajstić information content (AvgIpc) is 3.05. The van der Waals surface area contributed by atoms with Crippen LogP contribution in [0.2, 0.25) is 0 Å². The molecule has 1 aromatic carbocycles. The first-order valence-corrected chi connectivity index (χ1v) is 8.01. The standard InChI is InChI=1S/C17H24N2O2/c20-15-8-12-18(13-9-15)16(14-6-2-1-3-7-14)17(21)19-10-4-5-11-19/h1-3,6-7,15-16,20H,4-5,8-13H2/t16-/m1/s1. The Kier molecular flexibility index (Phi) is 4.56. The molecule has 0 aromatic heterocycles. The summed E-state index contributed by atoms with van der Waals surface area (Å²) in [6, 6.07) is 9.89. The molecule has 0 spiro atoms. The van der Waals surface area contributed by atoms with Crippen LogP contribution in [0.5, 0.6) is 0 Å². The number of benzene rings is 1. The lowest BCUT2D eigenvalue weighted by atomic mass is 9.99. The number of hydrogen-bond donors (Lipinski definition) is 1. The van der Waals surface area contributed by atoms with E-state index in [1.54, 1.807) is 0 Å². The summed E-state index contributed by atoms with van der Waals surface area (Å²) in [7, 11) is 0. The normalized spacial score (nSPS) is 22.4. The van der Waals surface area contributed by atoms with Crippen molar-refractivity contribution in [3.63, 3.8) is 0 Å². The van der Waals surface area contributed by atoms with E-state index >= 15 is 0 Å². The molecule has 3 rings (SSSR count). The topological polar surface area (TPSA) is 43.8 Å². The Hall–Kier alpha value is -1.39. The summed E-state index contributed by atoms with van der Waals surface area (Å²) in [4.78, 5) is 17.2. The van der Waals surface area contributed by atoms with E-state index < -0.39 is 0 Å². The predicted molar refractivity (Wildman–Crippen MR) is 81.8 cm³/mol. The molecule has 21 heavy (non-hydrogen) atoms. The molecule has 1 amide bonds. The van der Waals surface area contributed by atoms with E-state index in [-0.39, 0.29) is 18.1 Å². The lowest BCUT2D eigenvalue weighted by Crippen LogP contribution is -2.46. The highest BCUT2D eigenvalue weighted by molar-refractivity contribution is 5.83. The van der Waals surface area contributed by atoms with Gasteiger partial charge in [0.05, 0.1) is 6.10 Å². The van der Waals surface area contributed by atoms with E-state index in [0.29, 0.717) is 0 Å². The SMILES string of the molecule is O=C([C@@H](c1ccccc1)N1CCC(O)CC1)N1CCCC1. The lowest BCUT2D eigenvalue weighted by Gasteiger charge is -2.37. The van der Waals surface area contributed by atoms with Crippen LogP contribution in [0.15, 0.2) is 30.3 Å². The molecule has 0 radical (unpaired) electrons. The first-order valence-electron chi connectivity index (χ1n) is 8.01. The van der Waals surface area contributed by atoms with Crippen molar-refractivity contribution in [3.8, 4) is 0 Å². The van der Waals surface area contributed by atoms with Gasteiger partial charge in [-0.3, -0.25) is 9.69 Å². The Morgan fingerprint density at radius 2 is 1.67 bits per heavy atom. The maximum absolute atomic E-state index is 12.9. The van der Waals surface area contributed by atoms with E-state index in [9.17, 15) is 9.90 Å². The van der Waals surface area contributed by atoms with E-state index in [1.807, 2.05) is 35.2 Å². The van der Waals surface area contributed by atoms with Gasteiger partial charge in [0.1, 0.15) is 6.04 Å². The van der Waals surface area contributed by atoms with Gasteiger partial charge < -0.3 is 10.0 Å². The first-order chi connectivity index (χ1) is 10.3. The molecule has 1 N–H and O–H groups in total. The summed E-state index contributed by atoms with van der Waals surface area (Å²) in [6.45, 7) is 3.36. The van der Waals surface area contributed by atoms with Crippen LogP contribution in [-0.4, -0.2) is 53.1 Å². The van der Waals surface area contributed by atoms with Crippen molar-refractivity contribution in [2.45, 2.75) is 37.8 Å². The Labute approximate surface area is 126 Å². The zero-order chi connectivity index (χ0) is 14.7. The zero-order valence-corrected chi connectivity index (χ0v) is 12.4. The summed E-state index contributed by atoms with van der Waals surface area (Å²) in [5.74, 6) is 0.232. The van der Waals surface area contributed by atoms with Crippen LogP contribution in [0, 0.1) is 0 Å². The summed E-state index contributed by atoms with van der Waals surface area (Å²) in [5, 5.41) is 9.71. The lowest BCUT2D eigenvalue weighted by molar-refractivity contribution is -0.137. The molecule has 2 saturated heterocycles. The van der Waals surface area contributed by atoms with Gasteiger partial charge in [-0.15, -0.1) is 0 Å². The number of rotatable bonds is 3. The first kappa shape index (κ1) is 14.5. The van der Waals surface area contributed by atoms with Gasteiger partial charge >= 0.3 is 0 Å². The number of piperidine rings is 1. The highest BCUT2D eigenvalue weighted by atomic mass is 16.3. The highest BCUT2D eigenvalue weighted by Crippen LogP contribution is 2.28. The van der Waals surface area contributed by atoms with E-state index in [2.05, 4.69) is 4.90 Å². The summed E-state index contributed by atoms with van der Waals surface area (Å²) in [5.41, 5.74) is 1.07. The Morgan fingerprint density at radius 1 is 1.05 bits per heavy atom. The van der Waals surface area contributed by atoms with Crippen molar-refractivity contribution in [1.82, 2.24) is 9.80 Å². The van der Waals surface area contributed by atoms with Crippen molar-refractivity contribution >= 4 is 5.91 Å². The monoisotopic (exact) mass is 288 g/mol. The minimum Gasteiger partial charge on any atom is -0.393 e. The number of carbonyl (C=O) groups is 1. The number of hydrogen-bond acceptors (Lipinski definition) is 3. The molecule has 0 unspecified atom stereocenters. The molecule has 4 nitrogen and oxygen atoms in total. The summed E-state index contributed by atoms with van der Waals surface area (Å²) < 4.78 is 0.